The van der Waals surface area contributed by atoms with Gasteiger partial charge >= 0.3 is 0 Å². The van der Waals surface area contributed by atoms with E-state index in [0.717, 1.165) is 47.2 Å². The maximum atomic E-state index is 11.3. The number of aromatic nitrogens is 2. The second-order valence-corrected chi connectivity index (χ2v) is 9.06. The molecule has 0 bridgehead atoms. The van der Waals surface area contributed by atoms with Crippen molar-refractivity contribution in [1.29, 1.82) is 0 Å². The van der Waals surface area contributed by atoms with E-state index in [1.807, 2.05) is 0 Å². The van der Waals surface area contributed by atoms with Crippen LogP contribution in [0.15, 0.2) is 24.3 Å². The first-order valence-electron chi connectivity index (χ1n) is 9.97. The van der Waals surface area contributed by atoms with Crippen LogP contribution in [-0.4, -0.2) is 33.9 Å². The summed E-state index contributed by atoms with van der Waals surface area (Å²) in [6.45, 7) is 9.37. The van der Waals surface area contributed by atoms with Gasteiger partial charge in [-0.15, -0.1) is 11.3 Å². The Labute approximate surface area is 174 Å². The maximum Gasteiger partial charge on any atom is 0.248 e. The second kappa shape index (κ2) is 8.08. The molecular weight excluding hydrogens is 384 g/mol. The van der Waals surface area contributed by atoms with Crippen molar-refractivity contribution in [3.05, 3.63) is 46.1 Å². The first-order chi connectivity index (χ1) is 13.9. The third-order valence-electron chi connectivity index (χ3n) is 5.64. The number of carbonyl (C=O) groups is 1. The molecule has 29 heavy (non-hydrogen) atoms. The number of piperidine rings is 1. The smallest absolute Gasteiger partial charge is 0.248 e. The summed E-state index contributed by atoms with van der Waals surface area (Å²) in [5, 5.41) is 0.961. The summed E-state index contributed by atoms with van der Waals surface area (Å²) >= 11 is 1.68. The van der Waals surface area contributed by atoms with Crippen molar-refractivity contribution in [1.82, 2.24) is 14.9 Å². The molecule has 0 unspecified atom stereocenters. The Bertz CT molecular complexity index is 1040. The van der Waals surface area contributed by atoms with Crippen LogP contribution < -0.4 is 10.5 Å². The van der Waals surface area contributed by atoms with Crippen molar-refractivity contribution in [2.75, 3.05) is 13.1 Å². The van der Waals surface area contributed by atoms with E-state index in [-0.39, 0.29) is 0 Å². The first-order valence-corrected chi connectivity index (χ1v) is 10.8. The molecular formula is C22H26N4O2S. The molecule has 4 rings (SSSR count). The lowest BCUT2D eigenvalue weighted by Gasteiger charge is -2.29. The van der Waals surface area contributed by atoms with Crippen LogP contribution in [-0.2, 0) is 6.54 Å². The zero-order valence-corrected chi connectivity index (χ0v) is 17.9. The van der Waals surface area contributed by atoms with Gasteiger partial charge in [0.25, 0.3) is 0 Å². The molecule has 6 nitrogen and oxygen atoms in total. The van der Waals surface area contributed by atoms with Crippen LogP contribution in [0, 0.1) is 19.8 Å². The lowest BCUT2D eigenvalue weighted by molar-refractivity contribution is 0.100. The van der Waals surface area contributed by atoms with Gasteiger partial charge in [-0.25, -0.2) is 4.98 Å². The molecule has 3 heterocycles. The third kappa shape index (κ3) is 4.26. The Hall–Kier alpha value is -2.51. The van der Waals surface area contributed by atoms with Crippen LogP contribution in [0.3, 0.4) is 0 Å². The Kier molecular flexibility index (Phi) is 5.52. The predicted octanol–water partition coefficient (Wildman–Crippen LogP) is 4.43. The van der Waals surface area contributed by atoms with E-state index in [2.05, 4.69) is 25.7 Å². The number of aryl methyl sites for hydroxylation is 2. The number of amides is 1. The highest BCUT2D eigenvalue weighted by Gasteiger charge is 2.20. The molecule has 1 aromatic carbocycles. The van der Waals surface area contributed by atoms with E-state index in [4.69, 9.17) is 20.4 Å². The molecule has 0 radical (unpaired) electrons. The van der Waals surface area contributed by atoms with Gasteiger partial charge in [-0.05, 0) is 75.5 Å². The normalized spacial score (nSPS) is 15.7. The van der Waals surface area contributed by atoms with Gasteiger partial charge in [0.15, 0.2) is 0 Å². The topological polar surface area (TPSA) is 81.3 Å². The number of likely N-dealkylation sites (tertiary alicyclic amines) is 1. The fourth-order valence-corrected chi connectivity index (χ4v) is 4.66. The lowest BCUT2D eigenvalue weighted by Crippen LogP contribution is -2.32. The number of benzene rings is 1. The fourth-order valence-electron chi connectivity index (χ4n) is 3.62. The quantitative estimate of drug-likeness (QED) is 0.673. The minimum absolute atomic E-state index is 0.452. The van der Waals surface area contributed by atoms with Crippen LogP contribution in [0.25, 0.3) is 10.2 Å². The predicted molar refractivity (Wildman–Crippen MR) is 116 cm³/mol. The van der Waals surface area contributed by atoms with Crippen molar-refractivity contribution >= 4 is 27.5 Å². The van der Waals surface area contributed by atoms with E-state index < -0.39 is 5.91 Å². The van der Waals surface area contributed by atoms with Gasteiger partial charge < -0.3 is 10.5 Å². The van der Waals surface area contributed by atoms with Gasteiger partial charge in [-0.3, -0.25) is 9.69 Å². The van der Waals surface area contributed by atoms with E-state index in [1.165, 1.54) is 17.7 Å². The van der Waals surface area contributed by atoms with Crippen LogP contribution in [0.4, 0.5) is 0 Å². The van der Waals surface area contributed by atoms with E-state index in [1.54, 1.807) is 35.6 Å². The molecule has 1 aliphatic heterocycles. The number of nitrogens with zero attached hydrogens (tertiary/aromatic N) is 3. The van der Waals surface area contributed by atoms with Gasteiger partial charge in [0.1, 0.15) is 16.4 Å². The average Bonchev–Trinajstić information content (AvgIpc) is 2.98. The Morgan fingerprint density at radius 1 is 1.21 bits per heavy atom. The highest BCUT2D eigenvalue weighted by atomic mass is 32.1. The molecule has 152 valence electrons. The minimum Gasteiger partial charge on any atom is -0.438 e. The summed E-state index contributed by atoms with van der Waals surface area (Å²) < 4.78 is 6.15. The molecule has 1 saturated heterocycles. The summed E-state index contributed by atoms with van der Waals surface area (Å²) in [5.74, 6) is 2.32. The zero-order chi connectivity index (χ0) is 20.5. The summed E-state index contributed by atoms with van der Waals surface area (Å²) in [7, 11) is 0. The van der Waals surface area contributed by atoms with Gasteiger partial charge in [-0.2, -0.15) is 4.98 Å². The molecule has 0 aliphatic carbocycles. The number of primary amides is 1. The summed E-state index contributed by atoms with van der Waals surface area (Å²) in [4.78, 5) is 25.5. The number of fused-ring (bicyclic) bond motifs is 1. The molecule has 0 atom stereocenters. The molecule has 3 aromatic rings. The molecule has 2 N–H and O–H groups in total. The molecule has 2 aromatic heterocycles. The van der Waals surface area contributed by atoms with Gasteiger partial charge in [-0.1, -0.05) is 6.92 Å². The van der Waals surface area contributed by atoms with Gasteiger partial charge in [0, 0.05) is 10.4 Å². The first kappa shape index (κ1) is 19.8. The molecule has 7 heteroatoms. The van der Waals surface area contributed by atoms with E-state index in [0.29, 0.717) is 17.2 Å². The summed E-state index contributed by atoms with van der Waals surface area (Å²) in [6, 6.07) is 6.82. The Morgan fingerprint density at radius 2 is 1.90 bits per heavy atom. The molecule has 1 fully saturated rings. The van der Waals surface area contributed by atoms with Crippen LogP contribution in [0.2, 0.25) is 0 Å². The molecule has 0 spiro atoms. The van der Waals surface area contributed by atoms with Crippen molar-refractivity contribution in [3.8, 4) is 11.6 Å². The monoisotopic (exact) mass is 410 g/mol. The third-order valence-corrected chi connectivity index (χ3v) is 6.74. The largest absolute Gasteiger partial charge is 0.438 e. The lowest BCUT2D eigenvalue weighted by atomic mass is 9.99. The standard InChI is InChI=1S/C22H26N4O2S/c1-13-8-10-26(11-9-13)12-18-24-21(19-14(2)15(3)29-22(19)25-18)28-17-6-4-16(5-7-17)20(23)27/h4-7,13H,8-12H2,1-3H3,(H2,23,27). The minimum atomic E-state index is -0.455. The highest BCUT2D eigenvalue weighted by Crippen LogP contribution is 2.36. The number of rotatable bonds is 5. The Morgan fingerprint density at radius 3 is 2.55 bits per heavy atom. The average molecular weight is 411 g/mol. The van der Waals surface area contributed by atoms with Crippen LogP contribution in [0.5, 0.6) is 11.6 Å². The van der Waals surface area contributed by atoms with Crippen molar-refractivity contribution in [3.63, 3.8) is 0 Å². The van der Waals surface area contributed by atoms with E-state index in [9.17, 15) is 4.79 Å². The molecule has 1 amide bonds. The summed E-state index contributed by atoms with van der Waals surface area (Å²) in [6.07, 6.45) is 2.43. The maximum absolute atomic E-state index is 11.3. The second-order valence-electron chi connectivity index (χ2n) is 7.86. The van der Waals surface area contributed by atoms with E-state index >= 15 is 0 Å². The molecule has 1 aliphatic rings. The highest BCUT2D eigenvalue weighted by molar-refractivity contribution is 7.18. The molecule has 0 saturated carbocycles. The number of ether oxygens (including phenoxy) is 1. The number of nitrogens with two attached hydrogens (primary N) is 1. The van der Waals surface area contributed by atoms with Crippen LogP contribution >= 0.6 is 11.3 Å². The van der Waals surface area contributed by atoms with Gasteiger partial charge in [0.05, 0.1) is 11.9 Å². The van der Waals surface area contributed by atoms with Crippen molar-refractivity contribution in [2.24, 2.45) is 11.7 Å². The number of hydrogen-bond donors (Lipinski definition) is 1. The SMILES string of the molecule is Cc1sc2nc(CN3CCC(C)CC3)nc(Oc3ccc(C(N)=O)cc3)c2c1C. The fraction of sp³-hybridized carbons (Fsp3) is 0.409. The number of hydrogen-bond acceptors (Lipinski definition) is 6. The van der Waals surface area contributed by atoms with Crippen molar-refractivity contribution < 1.29 is 9.53 Å². The number of carbonyl (C=O) groups excluding carboxylic acids is 1. The summed E-state index contributed by atoms with van der Waals surface area (Å²) in [5.41, 5.74) is 6.92. The van der Waals surface area contributed by atoms with Crippen molar-refractivity contribution in [2.45, 2.75) is 40.2 Å². The Balaban J connectivity index is 1.66. The van der Waals surface area contributed by atoms with Gasteiger partial charge in [0.2, 0.25) is 11.8 Å². The number of thiophene rings is 1. The van der Waals surface area contributed by atoms with Crippen LogP contribution in [0.1, 0.15) is 46.4 Å². The zero-order valence-electron chi connectivity index (χ0n) is 17.1.